The number of anilines is 2. The standard InChI is InChI=1S/C25H27N5O2/c31-25-23-14-21(28-22-15-26-18-27-16-22)6-7-24(23)32-13-12-30(25)10-3-9-29-11-8-19-4-1-2-5-20(19)17-29/h1-2,4-7,14-16,18,28H,3,8-13,17H2. The maximum atomic E-state index is 13.3. The van der Waals surface area contributed by atoms with E-state index in [-0.39, 0.29) is 5.91 Å². The molecule has 2 aromatic carbocycles. The zero-order chi connectivity index (χ0) is 21.8. The molecule has 5 rings (SSSR count). The molecule has 0 bridgehead atoms. The summed E-state index contributed by atoms with van der Waals surface area (Å²) in [5.74, 6) is 0.662. The highest BCUT2D eigenvalue weighted by atomic mass is 16.5. The molecule has 0 radical (unpaired) electrons. The van der Waals surface area contributed by atoms with Crippen LogP contribution >= 0.6 is 0 Å². The summed E-state index contributed by atoms with van der Waals surface area (Å²) in [5, 5.41) is 3.25. The Morgan fingerprint density at radius 3 is 2.69 bits per heavy atom. The Labute approximate surface area is 188 Å². The minimum Gasteiger partial charge on any atom is -0.491 e. The number of carbonyl (C=O) groups is 1. The van der Waals surface area contributed by atoms with Crippen LogP contribution < -0.4 is 10.1 Å². The van der Waals surface area contributed by atoms with E-state index in [0.717, 1.165) is 50.4 Å². The molecule has 2 aliphatic rings. The molecule has 1 aromatic heterocycles. The van der Waals surface area contributed by atoms with Gasteiger partial charge in [-0.05, 0) is 42.2 Å². The van der Waals surface area contributed by atoms with Crippen molar-refractivity contribution in [2.24, 2.45) is 0 Å². The van der Waals surface area contributed by atoms with Crippen LogP contribution in [0.4, 0.5) is 11.4 Å². The Kier molecular flexibility index (Phi) is 5.98. The Morgan fingerprint density at radius 2 is 1.81 bits per heavy atom. The SMILES string of the molecule is O=C1c2cc(Nc3cncnc3)ccc2OCCN1CCCN1CCc2ccccc2C1. The van der Waals surface area contributed by atoms with E-state index in [4.69, 9.17) is 4.74 Å². The van der Waals surface area contributed by atoms with Crippen LogP contribution in [0.5, 0.6) is 5.75 Å². The van der Waals surface area contributed by atoms with Crippen molar-refractivity contribution in [2.45, 2.75) is 19.4 Å². The Hall–Kier alpha value is -3.45. The fraction of sp³-hybridized carbons (Fsp3) is 0.320. The van der Waals surface area contributed by atoms with Gasteiger partial charge in [-0.1, -0.05) is 24.3 Å². The van der Waals surface area contributed by atoms with Crippen LogP contribution in [0.2, 0.25) is 0 Å². The van der Waals surface area contributed by atoms with Crippen molar-refractivity contribution in [2.75, 3.05) is 38.1 Å². The van der Waals surface area contributed by atoms with Crippen LogP contribution in [0.3, 0.4) is 0 Å². The van der Waals surface area contributed by atoms with Gasteiger partial charge in [0.15, 0.2) is 0 Å². The second-order valence-corrected chi connectivity index (χ2v) is 8.25. The molecule has 0 unspecified atom stereocenters. The molecule has 0 saturated heterocycles. The molecule has 3 aromatic rings. The number of fused-ring (bicyclic) bond motifs is 2. The fourth-order valence-corrected chi connectivity index (χ4v) is 4.41. The predicted octanol–water partition coefficient (Wildman–Crippen LogP) is 3.50. The lowest BCUT2D eigenvalue weighted by atomic mass is 10.00. The van der Waals surface area contributed by atoms with Gasteiger partial charge in [-0.15, -0.1) is 0 Å². The van der Waals surface area contributed by atoms with E-state index in [1.54, 1.807) is 12.4 Å². The van der Waals surface area contributed by atoms with E-state index in [0.29, 0.717) is 24.5 Å². The molecule has 164 valence electrons. The summed E-state index contributed by atoms with van der Waals surface area (Å²) >= 11 is 0. The van der Waals surface area contributed by atoms with Crippen LogP contribution in [0.25, 0.3) is 0 Å². The zero-order valence-electron chi connectivity index (χ0n) is 18.0. The molecule has 0 atom stereocenters. The number of ether oxygens (including phenoxy) is 1. The fourth-order valence-electron chi connectivity index (χ4n) is 4.41. The van der Waals surface area contributed by atoms with Gasteiger partial charge in [0.1, 0.15) is 18.7 Å². The molecule has 3 heterocycles. The lowest BCUT2D eigenvalue weighted by Gasteiger charge is -2.29. The van der Waals surface area contributed by atoms with Crippen LogP contribution in [-0.4, -0.2) is 58.5 Å². The second-order valence-electron chi connectivity index (χ2n) is 8.25. The van der Waals surface area contributed by atoms with E-state index < -0.39 is 0 Å². The number of aromatic nitrogens is 2. The molecular weight excluding hydrogens is 402 g/mol. The van der Waals surface area contributed by atoms with Crippen molar-refractivity contribution in [3.8, 4) is 5.75 Å². The van der Waals surface area contributed by atoms with Crippen LogP contribution in [-0.2, 0) is 13.0 Å². The number of amides is 1. The van der Waals surface area contributed by atoms with Gasteiger partial charge in [0.25, 0.3) is 5.91 Å². The number of rotatable bonds is 6. The third-order valence-corrected chi connectivity index (χ3v) is 6.08. The molecule has 0 saturated carbocycles. The number of hydrogen-bond acceptors (Lipinski definition) is 6. The quantitative estimate of drug-likeness (QED) is 0.647. The van der Waals surface area contributed by atoms with Gasteiger partial charge in [-0.25, -0.2) is 9.97 Å². The number of carbonyl (C=O) groups excluding carboxylic acids is 1. The van der Waals surface area contributed by atoms with Crippen molar-refractivity contribution < 1.29 is 9.53 Å². The van der Waals surface area contributed by atoms with Gasteiger partial charge in [-0.3, -0.25) is 9.69 Å². The Morgan fingerprint density at radius 1 is 0.969 bits per heavy atom. The molecule has 7 nitrogen and oxygen atoms in total. The molecule has 0 fully saturated rings. The van der Waals surface area contributed by atoms with Gasteiger partial charge < -0.3 is 15.0 Å². The number of benzene rings is 2. The third kappa shape index (κ3) is 4.57. The first kappa shape index (κ1) is 20.5. The largest absolute Gasteiger partial charge is 0.491 e. The highest BCUT2D eigenvalue weighted by Gasteiger charge is 2.24. The first-order valence-electron chi connectivity index (χ1n) is 11.1. The summed E-state index contributed by atoms with van der Waals surface area (Å²) in [7, 11) is 0. The van der Waals surface area contributed by atoms with E-state index >= 15 is 0 Å². The normalized spacial score (nSPS) is 16.0. The summed E-state index contributed by atoms with van der Waals surface area (Å²) in [5.41, 5.74) is 5.07. The molecular formula is C25H27N5O2. The lowest BCUT2D eigenvalue weighted by Crippen LogP contribution is -2.36. The van der Waals surface area contributed by atoms with Crippen LogP contribution in [0, 0.1) is 0 Å². The van der Waals surface area contributed by atoms with E-state index in [1.165, 1.54) is 17.5 Å². The monoisotopic (exact) mass is 429 g/mol. The summed E-state index contributed by atoms with van der Waals surface area (Å²) < 4.78 is 5.86. The molecule has 0 aliphatic carbocycles. The van der Waals surface area contributed by atoms with Crippen molar-refractivity contribution in [1.82, 2.24) is 19.8 Å². The maximum Gasteiger partial charge on any atom is 0.257 e. The average Bonchev–Trinajstić information content (AvgIpc) is 2.98. The molecule has 1 amide bonds. The van der Waals surface area contributed by atoms with Gasteiger partial charge in [-0.2, -0.15) is 0 Å². The number of nitrogens with zero attached hydrogens (tertiary/aromatic N) is 4. The van der Waals surface area contributed by atoms with Gasteiger partial charge >= 0.3 is 0 Å². The third-order valence-electron chi connectivity index (χ3n) is 6.08. The van der Waals surface area contributed by atoms with Crippen LogP contribution in [0.1, 0.15) is 27.9 Å². The van der Waals surface area contributed by atoms with Gasteiger partial charge in [0, 0.05) is 31.9 Å². The number of hydrogen-bond donors (Lipinski definition) is 1. The molecule has 32 heavy (non-hydrogen) atoms. The summed E-state index contributed by atoms with van der Waals surface area (Å²) in [4.78, 5) is 25.7. The van der Waals surface area contributed by atoms with Crippen molar-refractivity contribution in [1.29, 1.82) is 0 Å². The highest BCUT2D eigenvalue weighted by molar-refractivity contribution is 5.98. The first-order chi connectivity index (χ1) is 15.8. The molecule has 1 N–H and O–H groups in total. The topological polar surface area (TPSA) is 70.6 Å². The van der Waals surface area contributed by atoms with Gasteiger partial charge in [0.05, 0.1) is 30.2 Å². The zero-order valence-corrected chi connectivity index (χ0v) is 18.0. The Balaban J connectivity index is 1.21. The van der Waals surface area contributed by atoms with E-state index in [1.807, 2.05) is 23.1 Å². The minimum absolute atomic E-state index is 0.0226. The molecule has 7 heteroatoms. The second kappa shape index (κ2) is 9.36. The summed E-state index contributed by atoms with van der Waals surface area (Å²) in [6, 6.07) is 14.3. The highest BCUT2D eigenvalue weighted by Crippen LogP contribution is 2.28. The average molecular weight is 430 g/mol. The van der Waals surface area contributed by atoms with Crippen molar-refractivity contribution in [3.63, 3.8) is 0 Å². The van der Waals surface area contributed by atoms with E-state index in [2.05, 4.69) is 44.5 Å². The van der Waals surface area contributed by atoms with Crippen LogP contribution in [0.15, 0.2) is 61.2 Å². The smallest absolute Gasteiger partial charge is 0.257 e. The van der Waals surface area contributed by atoms with Gasteiger partial charge in [0.2, 0.25) is 0 Å². The lowest BCUT2D eigenvalue weighted by molar-refractivity contribution is 0.0746. The molecule has 2 aliphatic heterocycles. The van der Waals surface area contributed by atoms with E-state index in [9.17, 15) is 4.79 Å². The first-order valence-corrected chi connectivity index (χ1v) is 11.1. The Bertz CT molecular complexity index is 1090. The summed E-state index contributed by atoms with van der Waals surface area (Å²) in [6.07, 6.45) is 6.93. The maximum absolute atomic E-state index is 13.3. The summed E-state index contributed by atoms with van der Waals surface area (Å²) in [6.45, 7) is 4.90. The molecule has 0 spiro atoms. The minimum atomic E-state index is 0.0226. The predicted molar refractivity (Wildman–Crippen MR) is 123 cm³/mol. The van der Waals surface area contributed by atoms with Crippen molar-refractivity contribution in [3.05, 3.63) is 77.9 Å². The van der Waals surface area contributed by atoms with Crippen molar-refractivity contribution >= 4 is 17.3 Å². The number of nitrogens with one attached hydrogen (secondary N) is 1.